The number of nitrogens with one attached hydrogen (secondary N) is 1. The predicted octanol–water partition coefficient (Wildman–Crippen LogP) is 2.75. The summed E-state index contributed by atoms with van der Waals surface area (Å²) in [5.74, 6) is 0.540. The molecule has 1 N–H and O–H groups in total. The number of carbonyl (C=O) groups excluding carboxylic acids is 1. The summed E-state index contributed by atoms with van der Waals surface area (Å²) < 4.78 is 5.20. The highest BCUT2D eigenvalue weighted by molar-refractivity contribution is 5.94. The van der Waals surface area contributed by atoms with E-state index in [1.807, 2.05) is 35.2 Å². The first-order valence-electron chi connectivity index (χ1n) is 7.33. The topological polar surface area (TPSA) is 54.5 Å². The van der Waals surface area contributed by atoms with Crippen molar-refractivity contribution in [3.63, 3.8) is 0 Å². The van der Waals surface area contributed by atoms with Crippen LogP contribution in [0.25, 0.3) is 0 Å². The number of pyridine rings is 1. The third-order valence-corrected chi connectivity index (χ3v) is 3.90. The van der Waals surface area contributed by atoms with Crippen LogP contribution in [0.5, 0.6) is 5.88 Å². The van der Waals surface area contributed by atoms with Crippen molar-refractivity contribution in [3.05, 3.63) is 53.7 Å². The van der Waals surface area contributed by atoms with Gasteiger partial charge in [-0.3, -0.25) is 4.90 Å². The number of nitrogens with zero attached hydrogens (tertiary/aromatic N) is 2. The van der Waals surface area contributed by atoms with Crippen molar-refractivity contribution in [1.82, 2.24) is 10.3 Å². The SMILES string of the molecule is COc1ncccc1CNC(=O)N1c2ccccc2CC1C. The average Bonchev–Trinajstić information content (AvgIpc) is 2.88. The Bertz CT molecular complexity index is 687. The molecule has 0 saturated heterocycles. The van der Waals surface area contributed by atoms with Gasteiger partial charge in [-0.2, -0.15) is 0 Å². The van der Waals surface area contributed by atoms with Crippen molar-refractivity contribution in [2.45, 2.75) is 25.9 Å². The van der Waals surface area contributed by atoms with Crippen LogP contribution in [-0.4, -0.2) is 24.2 Å². The third kappa shape index (κ3) is 2.62. The van der Waals surface area contributed by atoms with Crippen LogP contribution >= 0.6 is 0 Å². The number of benzene rings is 1. The first-order valence-corrected chi connectivity index (χ1v) is 7.33. The molecule has 1 aliphatic heterocycles. The number of methoxy groups -OCH3 is 1. The molecule has 5 nitrogen and oxygen atoms in total. The maximum atomic E-state index is 12.5. The fourth-order valence-electron chi connectivity index (χ4n) is 2.87. The monoisotopic (exact) mass is 297 g/mol. The molecule has 1 atom stereocenters. The number of hydrogen-bond acceptors (Lipinski definition) is 3. The van der Waals surface area contributed by atoms with Gasteiger partial charge in [0.15, 0.2) is 0 Å². The van der Waals surface area contributed by atoms with Crippen LogP contribution < -0.4 is 15.0 Å². The van der Waals surface area contributed by atoms with E-state index in [1.165, 1.54) is 5.56 Å². The minimum atomic E-state index is -0.0941. The lowest BCUT2D eigenvalue weighted by Gasteiger charge is -2.23. The van der Waals surface area contributed by atoms with E-state index in [-0.39, 0.29) is 12.1 Å². The van der Waals surface area contributed by atoms with Crippen molar-refractivity contribution in [2.24, 2.45) is 0 Å². The number of anilines is 1. The number of fused-ring (bicyclic) bond motifs is 1. The van der Waals surface area contributed by atoms with Crippen LogP contribution in [0.1, 0.15) is 18.1 Å². The second kappa shape index (κ2) is 6.05. The minimum absolute atomic E-state index is 0.0941. The van der Waals surface area contributed by atoms with Gasteiger partial charge in [-0.05, 0) is 31.0 Å². The molecule has 0 radical (unpaired) electrons. The fourth-order valence-corrected chi connectivity index (χ4v) is 2.87. The molecule has 1 aliphatic rings. The van der Waals surface area contributed by atoms with Crippen LogP contribution in [0.15, 0.2) is 42.6 Å². The Labute approximate surface area is 129 Å². The zero-order valence-electron chi connectivity index (χ0n) is 12.7. The second-order valence-electron chi connectivity index (χ2n) is 5.38. The molecule has 5 heteroatoms. The molecule has 2 heterocycles. The normalized spacial score (nSPS) is 16.3. The van der Waals surface area contributed by atoms with E-state index in [2.05, 4.69) is 23.3 Å². The van der Waals surface area contributed by atoms with E-state index in [1.54, 1.807) is 13.3 Å². The molecule has 1 aromatic carbocycles. The summed E-state index contributed by atoms with van der Waals surface area (Å²) in [6.45, 7) is 2.45. The van der Waals surface area contributed by atoms with E-state index in [0.29, 0.717) is 12.4 Å². The van der Waals surface area contributed by atoms with Crippen LogP contribution in [0.3, 0.4) is 0 Å². The van der Waals surface area contributed by atoms with E-state index in [9.17, 15) is 4.79 Å². The van der Waals surface area contributed by atoms with Crippen molar-refractivity contribution in [3.8, 4) is 5.88 Å². The van der Waals surface area contributed by atoms with E-state index in [0.717, 1.165) is 17.7 Å². The molecule has 0 saturated carbocycles. The molecular weight excluding hydrogens is 278 g/mol. The van der Waals surface area contributed by atoms with Gasteiger partial charge in [0.25, 0.3) is 0 Å². The summed E-state index contributed by atoms with van der Waals surface area (Å²) in [6, 6.07) is 11.8. The zero-order valence-corrected chi connectivity index (χ0v) is 12.7. The van der Waals surface area contributed by atoms with Gasteiger partial charge in [0, 0.05) is 30.0 Å². The van der Waals surface area contributed by atoms with E-state index >= 15 is 0 Å². The van der Waals surface area contributed by atoms with Gasteiger partial charge in [-0.25, -0.2) is 9.78 Å². The maximum absolute atomic E-state index is 12.5. The highest BCUT2D eigenvalue weighted by Gasteiger charge is 2.30. The molecule has 22 heavy (non-hydrogen) atoms. The summed E-state index contributed by atoms with van der Waals surface area (Å²) in [5.41, 5.74) is 3.06. The largest absolute Gasteiger partial charge is 0.481 e. The molecule has 114 valence electrons. The summed E-state index contributed by atoms with van der Waals surface area (Å²) in [4.78, 5) is 18.5. The number of urea groups is 1. The number of amides is 2. The number of ether oxygens (including phenoxy) is 1. The highest BCUT2D eigenvalue weighted by Crippen LogP contribution is 2.31. The van der Waals surface area contributed by atoms with Gasteiger partial charge in [0.05, 0.1) is 7.11 Å². The van der Waals surface area contributed by atoms with Crippen LogP contribution in [0, 0.1) is 0 Å². The lowest BCUT2D eigenvalue weighted by Crippen LogP contribution is -2.43. The minimum Gasteiger partial charge on any atom is -0.481 e. The average molecular weight is 297 g/mol. The van der Waals surface area contributed by atoms with Crippen LogP contribution in [0.2, 0.25) is 0 Å². The first kappa shape index (κ1) is 14.4. The molecule has 2 aromatic rings. The molecular formula is C17H19N3O2. The maximum Gasteiger partial charge on any atom is 0.322 e. The number of aromatic nitrogens is 1. The van der Waals surface area contributed by atoms with Gasteiger partial charge in [-0.15, -0.1) is 0 Å². The molecule has 1 unspecified atom stereocenters. The summed E-state index contributed by atoms with van der Waals surface area (Å²) >= 11 is 0. The second-order valence-corrected chi connectivity index (χ2v) is 5.38. The Kier molecular flexibility index (Phi) is 3.96. The van der Waals surface area contributed by atoms with Gasteiger partial charge in [0.2, 0.25) is 5.88 Å². The van der Waals surface area contributed by atoms with Crippen LogP contribution in [-0.2, 0) is 13.0 Å². The van der Waals surface area contributed by atoms with E-state index < -0.39 is 0 Å². The van der Waals surface area contributed by atoms with Crippen molar-refractivity contribution >= 4 is 11.7 Å². The Morgan fingerprint density at radius 3 is 3.00 bits per heavy atom. The van der Waals surface area contributed by atoms with Crippen molar-refractivity contribution < 1.29 is 9.53 Å². The third-order valence-electron chi connectivity index (χ3n) is 3.90. The van der Waals surface area contributed by atoms with Gasteiger partial charge >= 0.3 is 6.03 Å². The quantitative estimate of drug-likeness (QED) is 0.947. The van der Waals surface area contributed by atoms with Crippen molar-refractivity contribution in [1.29, 1.82) is 0 Å². The van der Waals surface area contributed by atoms with Gasteiger partial charge in [-0.1, -0.05) is 24.3 Å². The lowest BCUT2D eigenvalue weighted by molar-refractivity contribution is 0.244. The molecule has 0 aliphatic carbocycles. The summed E-state index contributed by atoms with van der Waals surface area (Å²) in [7, 11) is 1.58. The van der Waals surface area contributed by atoms with Gasteiger partial charge in [0.1, 0.15) is 0 Å². The lowest BCUT2D eigenvalue weighted by atomic mass is 10.1. The van der Waals surface area contributed by atoms with Gasteiger partial charge < -0.3 is 10.1 Å². The molecule has 0 fully saturated rings. The predicted molar refractivity (Wildman–Crippen MR) is 85.1 cm³/mol. The molecule has 3 rings (SSSR count). The Morgan fingerprint density at radius 2 is 2.18 bits per heavy atom. The number of carbonyl (C=O) groups is 1. The number of para-hydroxylation sites is 1. The number of hydrogen-bond donors (Lipinski definition) is 1. The summed E-state index contributed by atoms with van der Waals surface area (Å²) in [6.07, 6.45) is 2.56. The standard InChI is InChI=1S/C17H19N3O2/c1-12-10-13-6-3-4-8-15(13)20(12)17(21)19-11-14-7-5-9-18-16(14)22-2/h3-9,12H,10-11H2,1-2H3,(H,19,21). The molecule has 0 spiro atoms. The Hall–Kier alpha value is -2.56. The molecule has 1 aromatic heterocycles. The van der Waals surface area contributed by atoms with Crippen LogP contribution in [0.4, 0.5) is 10.5 Å². The molecule has 0 bridgehead atoms. The molecule has 2 amide bonds. The van der Waals surface area contributed by atoms with Crippen molar-refractivity contribution in [2.75, 3.05) is 12.0 Å². The number of rotatable bonds is 3. The summed E-state index contributed by atoms with van der Waals surface area (Å²) in [5, 5.41) is 2.95. The highest BCUT2D eigenvalue weighted by atomic mass is 16.5. The first-order chi connectivity index (χ1) is 10.7. The zero-order chi connectivity index (χ0) is 15.5. The Balaban J connectivity index is 1.73. The fraction of sp³-hybridized carbons (Fsp3) is 0.294. The Morgan fingerprint density at radius 1 is 1.36 bits per heavy atom. The smallest absolute Gasteiger partial charge is 0.322 e. The van der Waals surface area contributed by atoms with E-state index in [4.69, 9.17) is 4.74 Å².